The van der Waals surface area contributed by atoms with Crippen molar-refractivity contribution < 1.29 is 40.7 Å². The number of aromatic amines is 1. The van der Waals surface area contributed by atoms with Gasteiger partial charge in [-0.25, -0.2) is 18.0 Å². The van der Waals surface area contributed by atoms with Gasteiger partial charge in [0.1, 0.15) is 4.90 Å². The summed E-state index contributed by atoms with van der Waals surface area (Å²) < 4.78 is 70.0. The van der Waals surface area contributed by atoms with Crippen LogP contribution in [-0.4, -0.2) is 49.5 Å². The molecular weight excluding hydrogens is 347 g/mol. The largest absolute Gasteiger partial charge is 0.502 e. The number of anilines is 1. The van der Waals surface area contributed by atoms with E-state index < -0.39 is 38.2 Å². The number of carbonyl (C=O) groups is 2. The van der Waals surface area contributed by atoms with Crippen molar-refractivity contribution in [2.24, 2.45) is 0 Å². The fourth-order valence-electron chi connectivity index (χ4n) is 1.38. The first-order valence-corrected chi connectivity index (χ1v) is 7.54. The monoisotopic (exact) mass is 359 g/mol. The molecule has 0 atom stereocenters. The molecule has 9 nitrogen and oxygen atoms in total. The van der Waals surface area contributed by atoms with Crippen LogP contribution < -0.4 is 4.90 Å². The van der Waals surface area contributed by atoms with E-state index in [0.29, 0.717) is 6.20 Å². The van der Waals surface area contributed by atoms with Gasteiger partial charge in [-0.05, 0) is 13.8 Å². The first kappa shape index (κ1) is 18.7. The van der Waals surface area contributed by atoms with E-state index in [0.717, 1.165) is 0 Å². The van der Waals surface area contributed by atoms with Crippen LogP contribution in [0.4, 0.5) is 28.6 Å². The Morgan fingerprint density at radius 3 is 2.09 bits per heavy atom. The molecule has 0 aliphatic rings. The van der Waals surface area contributed by atoms with Gasteiger partial charge >= 0.3 is 17.7 Å². The number of amides is 2. The van der Waals surface area contributed by atoms with Crippen LogP contribution >= 0.6 is 0 Å². The van der Waals surface area contributed by atoms with Crippen LogP contribution in [0.15, 0.2) is 11.1 Å². The van der Waals surface area contributed by atoms with Crippen LogP contribution in [0.25, 0.3) is 0 Å². The molecule has 1 N–H and O–H groups in total. The SMILES string of the molecule is CCOC(=O)N(C(=O)OCC)c1[nH]ncc1S(=O)(=O)C(F)(F)F. The van der Waals surface area contributed by atoms with Gasteiger partial charge in [-0.3, -0.25) is 5.10 Å². The molecule has 0 unspecified atom stereocenters. The summed E-state index contributed by atoms with van der Waals surface area (Å²) in [6.45, 7) is 2.32. The third-order valence-electron chi connectivity index (χ3n) is 2.30. The Bertz CT molecular complexity index is 666. The molecule has 1 aromatic rings. The summed E-state index contributed by atoms with van der Waals surface area (Å²) >= 11 is 0. The number of alkyl halides is 3. The highest BCUT2D eigenvalue weighted by molar-refractivity contribution is 7.92. The van der Waals surface area contributed by atoms with Crippen LogP contribution in [0.5, 0.6) is 0 Å². The molecular formula is C10H12F3N3O6S. The first-order valence-electron chi connectivity index (χ1n) is 6.06. The number of halogens is 3. The molecule has 1 heterocycles. The molecule has 2 amide bonds. The number of imide groups is 1. The lowest BCUT2D eigenvalue weighted by molar-refractivity contribution is -0.0436. The van der Waals surface area contributed by atoms with E-state index in [-0.39, 0.29) is 18.1 Å². The number of nitrogens with zero attached hydrogens (tertiary/aromatic N) is 2. The summed E-state index contributed by atoms with van der Waals surface area (Å²) in [5.74, 6) is -1.03. The number of H-pyrrole nitrogens is 1. The number of hydrogen-bond acceptors (Lipinski definition) is 7. The average molecular weight is 359 g/mol. The summed E-state index contributed by atoms with van der Waals surface area (Å²) in [4.78, 5) is 22.1. The van der Waals surface area contributed by atoms with Gasteiger partial charge in [-0.15, -0.1) is 0 Å². The molecule has 0 radical (unpaired) electrons. The minimum Gasteiger partial charge on any atom is -0.449 e. The molecule has 0 saturated heterocycles. The average Bonchev–Trinajstić information content (AvgIpc) is 2.87. The van der Waals surface area contributed by atoms with E-state index in [1.807, 2.05) is 5.10 Å². The molecule has 0 saturated carbocycles. The van der Waals surface area contributed by atoms with E-state index in [1.54, 1.807) is 0 Å². The van der Waals surface area contributed by atoms with Gasteiger partial charge in [0, 0.05) is 0 Å². The minimum atomic E-state index is -5.86. The maximum atomic E-state index is 12.7. The van der Waals surface area contributed by atoms with Crippen LogP contribution in [0.1, 0.15) is 13.8 Å². The van der Waals surface area contributed by atoms with Crippen molar-refractivity contribution in [3.8, 4) is 0 Å². The van der Waals surface area contributed by atoms with Crippen molar-refractivity contribution in [3.05, 3.63) is 6.20 Å². The number of hydrogen-bond donors (Lipinski definition) is 1. The fourth-order valence-corrected chi connectivity index (χ4v) is 2.22. The summed E-state index contributed by atoms with van der Waals surface area (Å²) in [6, 6.07) is 0. The van der Waals surface area contributed by atoms with E-state index in [9.17, 15) is 31.2 Å². The second-order valence-electron chi connectivity index (χ2n) is 3.77. The third-order valence-corrected chi connectivity index (χ3v) is 3.79. The molecule has 23 heavy (non-hydrogen) atoms. The highest BCUT2D eigenvalue weighted by Gasteiger charge is 2.50. The Balaban J connectivity index is 3.44. The number of rotatable bonds is 4. The Morgan fingerprint density at radius 2 is 1.70 bits per heavy atom. The van der Waals surface area contributed by atoms with E-state index in [1.165, 1.54) is 13.8 Å². The number of aromatic nitrogens is 2. The second kappa shape index (κ2) is 6.85. The van der Waals surface area contributed by atoms with Crippen molar-refractivity contribution in [3.63, 3.8) is 0 Å². The van der Waals surface area contributed by atoms with Crippen molar-refractivity contribution in [2.75, 3.05) is 18.1 Å². The van der Waals surface area contributed by atoms with Crippen molar-refractivity contribution in [1.29, 1.82) is 0 Å². The normalized spacial score (nSPS) is 11.9. The Kier molecular flexibility index (Phi) is 5.58. The zero-order valence-corrected chi connectivity index (χ0v) is 12.7. The lowest BCUT2D eigenvalue weighted by atomic mass is 10.5. The van der Waals surface area contributed by atoms with Crippen LogP contribution in [-0.2, 0) is 19.3 Å². The van der Waals surface area contributed by atoms with Gasteiger partial charge in [0.25, 0.3) is 9.84 Å². The zero-order valence-electron chi connectivity index (χ0n) is 11.9. The standard InChI is InChI=1S/C10H12F3N3O6S/c1-3-21-8(17)16(9(18)22-4-2)7-6(5-14-15-7)23(19,20)10(11,12)13/h5H,3-4H2,1-2H3,(H,14,15). The van der Waals surface area contributed by atoms with E-state index in [4.69, 9.17) is 0 Å². The van der Waals surface area contributed by atoms with Gasteiger partial charge < -0.3 is 9.47 Å². The minimum absolute atomic E-state index is 0.0153. The Labute approximate surface area is 128 Å². The molecule has 1 rings (SSSR count). The number of nitrogens with one attached hydrogen (secondary N) is 1. The van der Waals surface area contributed by atoms with Gasteiger partial charge in [0.05, 0.1) is 19.4 Å². The number of ether oxygens (including phenoxy) is 2. The summed E-state index contributed by atoms with van der Waals surface area (Å²) in [6.07, 6.45) is -2.52. The highest BCUT2D eigenvalue weighted by Crippen LogP contribution is 2.35. The predicted octanol–water partition coefficient (Wildman–Crippen LogP) is 1.82. The van der Waals surface area contributed by atoms with Gasteiger partial charge in [0.15, 0.2) is 5.82 Å². The van der Waals surface area contributed by atoms with Crippen molar-refractivity contribution in [1.82, 2.24) is 10.2 Å². The van der Waals surface area contributed by atoms with E-state index in [2.05, 4.69) is 14.6 Å². The first-order chi connectivity index (χ1) is 10.6. The fraction of sp³-hybridized carbons (Fsp3) is 0.500. The highest BCUT2D eigenvalue weighted by atomic mass is 32.2. The summed E-state index contributed by atoms with van der Waals surface area (Å²) in [5, 5.41) is 5.00. The zero-order chi connectivity index (χ0) is 17.8. The molecule has 0 fully saturated rings. The predicted molar refractivity (Wildman–Crippen MR) is 68.4 cm³/mol. The molecule has 0 spiro atoms. The summed E-state index contributed by atoms with van der Waals surface area (Å²) in [7, 11) is -5.86. The molecule has 0 aliphatic heterocycles. The summed E-state index contributed by atoms with van der Waals surface area (Å²) in [5.41, 5.74) is -5.65. The van der Waals surface area contributed by atoms with Gasteiger partial charge in [-0.1, -0.05) is 0 Å². The van der Waals surface area contributed by atoms with Gasteiger partial charge in [0.2, 0.25) is 0 Å². The topological polar surface area (TPSA) is 119 Å². The number of sulfone groups is 1. The third kappa shape index (κ3) is 3.72. The van der Waals surface area contributed by atoms with Crippen molar-refractivity contribution >= 4 is 27.8 Å². The van der Waals surface area contributed by atoms with E-state index >= 15 is 0 Å². The maximum absolute atomic E-state index is 12.7. The molecule has 1 aromatic heterocycles. The lowest BCUT2D eigenvalue weighted by Gasteiger charge is -2.19. The van der Waals surface area contributed by atoms with Gasteiger partial charge in [-0.2, -0.15) is 23.2 Å². The molecule has 130 valence electrons. The molecule has 0 aromatic carbocycles. The van der Waals surface area contributed by atoms with Crippen LogP contribution in [0, 0.1) is 0 Å². The molecule has 0 bridgehead atoms. The Morgan fingerprint density at radius 1 is 1.22 bits per heavy atom. The maximum Gasteiger partial charge on any atom is 0.502 e. The smallest absolute Gasteiger partial charge is 0.449 e. The number of carbonyl (C=O) groups excluding carboxylic acids is 2. The Hall–Kier alpha value is -2.31. The molecule has 13 heteroatoms. The lowest BCUT2D eigenvalue weighted by Crippen LogP contribution is -2.39. The molecule has 0 aliphatic carbocycles. The van der Waals surface area contributed by atoms with Crippen molar-refractivity contribution in [2.45, 2.75) is 24.3 Å². The van der Waals surface area contributed by atoms with Crippen LogP contribution in [0.3, 0.4) is 0 Å². The van der Waals surface area contributed by atoms with Crippen LogP contribution in [0.2, 0.25) is 0 Å². The second-order valence-corrected chi connectivity index (χ2v) is 5.67. The quantitative estimate of drug-likeness (QED) is 0.871.